The summed E-state index contributed by atoms with van der Waals surface area (Å²) in [7, 11) is 0. The lowest BCUT2D eigenvalue weighted by Crippen LogP contribution is -2.46. The van der Waals surface area contributed by atoms with Crippen molar-refractivity contribution in [1.82, 2.24) is 5.32 Å². The van der Waals surface area contributed by atoms with Gasteiger partial charge in [-0.05, 0) is 6.07 Å². The molecule has 0 amide bonds. The first-order chi connectivity index (χ1) is 8.20. The molecule has 1 unspecified atom stereocenters. The van der Waals surface area contributed by atoms with Crippen molar-refractivity contribution in [3.05, 3.63) is 29.8 Å². The number of para-hydroxylation sites is 1. The third-order valence-electron chi connectivity index (χ3n) is 3.57. The molecule has 2 aliphatic heterocycles. The number of nitrogens with one attached hydrogen (secondary N) is 2. The Morgan fingerprint density at radius 2 is 2.24 bits per heavy atom. The number of rotatable bonds is 2. The predicted molar refractivity (Wildman–Crippen MR) is 58.4 cm³/mol. The van der Waals surface area contributed by atoms with Gasteiger partial charge in [0.25, 0.3) is 0 Å². The number of aliphatic carboxylic acids is 1. The molecule has 2 heterocycles. The van der Waals surface area contributed by atoms with Crippen molar-refractivity contribution in [1.29, 1.82) is 0 Å². The predicted octanol–water partition coefficient (Wildman–Crippen LogP) is 0.427. The molecule has 1 aromatic carbocycles. The Hall–Kier alpha value is -1.63. The van der Waals surface area contributed by atoms with Crippen molar-refractivity contribution in [2.24, 2.45) is 5.92 Å². The van der Waals surface area contributed by atoms with Gasteiger partial charge in [-0.2, -0.15) is 0 Å². The lowest BCUT2D eigenvalue weighted by atomic mass is 9.84. The van der Waals surface area contributed by atoms with E-state index in [0.717, 1.165) is 5.69 Å². The molecule has 17 heavy (non-hydrogen) atoms. The molecule has 2 aliphatic rings. The molecule has 0 bridgehead atoms. The molecule has 1 saturated heterocycles. The number of hydrogen-bond donors (Lipinski definition) is 4. The summed E-state index contributed by atoms with van der Waals surface area (Å²) >= 11 is 0. The molecule has 0 spiro atoms. The number of hydrogen-bond acceptors (Lipinski definition) is 5. The van der Waals surface area contributed by atoms with E-state index in [1.54, 1.807) is 12.1 Å². The van der Waals surface area contributed by atoms with Crippen LogP contribution in [0.3, 0.4) is 0 Å². The van der Waals surface area contributed by atoms with Crippen LogP contribution in [0.2, 0.25) is 0 Å². The van der Waals surface area contributed by atoms with Gasteiger partial charge in [-0.3, -0.25) is 15.4 Å². The molecule has 3 atom stereocenters. The molecule has 0 saturated carbocycles. The normalized spacial score (nSPS) is 33.9. The smallest absolute Gasteiger partial charge is 0.311 e. The quantitative estimate of drug-likeness (QED) is 0.439. The number of anilines is 1. The van der Waals surface area contributed by atoms with E-state index in [1.165, 1.54) is 0 Å². The second-order valence-corrected chi connectivity index (χ2v) is 4.31. The highest BCUT2D eigenvalue weighted by molar-refractivity contribution is 5.76. The molecular weight excluding hydrogens is 224 g/mol. The van der Waals surface area contributed by atoms with Crippen LogP contribution in [0.25, 0.3) is 0 Å². The van der Waals surface area contributed by atoms with Crippen LogP contribution in [-0.2, 0) is 15.3 Å². The average Bonchev–Trinajstić information content (AvgIpc) is 2.82. The SMILES string of the molecule is O=C(O)[C@H]1CNC2Nc3ccccc3[C@]21OO. The standard InChI is InChI=1S/C11H12N2O4/c14-9(15)7-5-12-10-11(7,17-16)6-3-1-2-4-8(6)13-10/h1-4,7,10,12-13,16H,5H2,(H,14,15)/t7-,10?,11-/m1/s1. The molecule has 3 rings (SSSR count). The van der Waals surface area contributed by atoms with E-state index in [1.807, 2.05) is 12.1 Å². The van der Waals surface area contributed by atoms with Crippen molar-refractivity contribution in [3.8, 4) is 0 Å². The van der Waals surface area contributed by atoms with E-state index >= 15 is 0 Å². The first-order valence-corrected chi connectivity index (χ1v) is 5.35. The molecule has 0 aliphatic carbocycles. The van der Waals surface area contributed by atoms with Crippen LogP contribution in [0.15, 0.2) is 24.3 Å². The van der Waals surface area contributed by atoms with Crippen molar-refractivity contribution in [3.63, 3.8) is 0 Å². The van der Waals surface area contributed by atoms with Crippen LogP contribution in [0.4, 0.5) is 5.69 Å². The first-order valence-electron chi connectivity index (χ1n) is 5.35. The van der Waals surface area contributed by atoms with Gasteiger partial charge in [0, 0.05) is 17.8 Å². The minimum absolute atomic E-state index is 0.252. The van der Waals surface area contributed by atoms with Crippen LogP contribution in [0.1, 0.15) is 5.56 Å². The summed E-state index contributed by atoms with van der Waals surface area (Å²) in [5.41, 5.74) is 0.206. The van der Waals surface area contributed by atoms with E-state index < -0.39 is 23.7 Å². The Morgan fingerprint density at radius 3 is 2.94 bits per heavy atom. The largest absolute Gasteiger partial charge is 0.481 e. The monoisotopic (exact) mass is 236 g/mol. The van der Waals surface area contributed by atoms with E-state index in [4.69, 9.17) is 0 Å². The second kappa shape index (κ2) is 3.43. The minimum atomic E-state index is -1.25. The van der Waals surface area contributed by atoms with E-state index in [2.05, 4.69) is 15.5 Å². The van der Waals surface area contributed by atoms with Crippen molar-refractivity contribution in [2.45, 2.75) is 11.8 Å². The van der Waals surface area contributed by atoms with E-state index in [0.29, 0.717) is 5.56 Å². The average molecular weight is 236 g/mol. The highest BCUT2D eigenvalue weighted by atomic mass is 17.1. The Labute approximate surface area is 97.1 Å². The number of fused-ring (bicyclic) bond motifs is 3. The fourth-order valence-corrected chi connectivity index (χ4v) is 2.78. The first kappa shape index (κ1) is 10.5. The van der Waals surface area contributed by atoms with Crippen LogP contribution in [0.5, 0.6) is 0 Å². The zero-order chi connectivity index (χ0) is 12.0. The van der Waals surface area contributed by atoms with E-state index in [9.17, 15) is 15.2 Å². The minimum Gasteiger partial charge on any atom is -0.481 e. The van der Waals surface area contributed by atoms with Gasteiger partial charge in [0.2, 0.25) is 0 Å². The van der Waals surface area contributed by atoms with E-state index in [-0.39, 0.29) is 6.54 Å². The maximum atomic E-state index is 11.3. The van der Waals surface area contributed by atoms with Crippen molar-refractivity contribution in [2.75, 3.05) is 11.9 Å². The molecular formula is C11H12N2O4. The molecule has 0 aromatic heterocycles. The molecule has 6 heteroatoms. The molecule has 90 valence electrons. The third kappa shape index (κ3) is 1.17. The number of carbonyl (C=O) groups is 1. The van der Waals surface area contributed by atoms with Crippen molar-refractivity contribution >= 4 is 11.7 Å². The molecule has 4 N–H and O–H groups in total. The second-order valence-electron chi connectivity index (χ2n) is 4.31. The lowest BCUT2D eigenvalue weighted by Gasteiger charge is -2.28. The Morgan fingerprint density at radius 1 is 1.47 bits per heavy atom. The molecule has 1 fully saturated rings. The Kier molecular flexibility index (Phi) is 2.12. The highest BCUT2D eigenvalue weighted by Crippen LogP contribution is 2.48. The fraction of sp³-hybridized carbons (Fsp3) is 0.364. The fourth-order valence-electron chi connectivity index (χ4n) is 2.78. The maximum Gasteiger partial charge on any atom is 0.311 e. The van der Waals surface area contributed by atoms with Crippen LogP contribution in [-0.4, -0.2) is 29.0 Å². The Bertz CT molecular complexity index is 478. The summed E-state index contributed by atoms with van der Waals surface area (Å²) in [4.78, 5) is 15.9. The number of benzene rings is 1. The number of carboxylic acids is 1. The third-order valence-corrected chi connectivity index (χ3v) is 3.57. The Balaban J connectivity index is 2.17. The highest BCUT2D eigenvalue weighted by Gasteiger charge is 2.61. The number of carboxylic acid groups (broad SMARTS) is 1. The van der Waals surface area contributed by atoms with Crippen LogP contribution < -0.4 is 10.6 Å². The maximum absolute atomic E-state index is 11.3. The summed E-state index contributed by atoms with van der Waals surface area (Å²) in [6.07, 6.45) is -0.425. The van der Waals surface area contributed by atoms with Gasteiger partial charge < -0.3 is 10.4 Å². The summed E-state index contributed by atoms with van der Waals surface area (Å²) in [6.45, 7) is 0.252. The molecule has 0 radical (unpaired) electrons. The summed E-state index contributed by atoms with van der Waals surface area (Å²) in [6, 6.07) is 7.23. The van der Waals surface area contributed by atoms with Gasteiger partial charge in [0.15, 0.2) is 5.60 Å². The van der Waals surface area contributed by atoms with Gasteiger partial charge in [0.1, 0.15) is 12.1 Å². The zero-order valence-corrected chi connectivity index (χ0v) is 8.88. The van der Waals surface area contributed by atoms with Crippen LogP contribution in [0, 0.1) is 5.92 Å². The van der Waals surface area contributed by atoms with Gasteiger partial charge in [-0.25, -0.2) is 4.89 Å². The molecule has 6 nitrogen and oxygen atoms in total. The van der Waals surface area contributed by atoms with Crippen LogP contribution >= 0.6 is 0 Å². The summed E-state index contributed by atoms with van der Waals surface area (Å²) < 4.78 is 0. The summed E-state index contributed by atoms with van der Waals surface area (Å²) in [5.74, 6) is -1.82. The zero-order valence-electron chi connectivity index (χ0n) is 8.88. The van der Waals surface area contributed by atoms with Gasteiger partial charge in [0.05, 0.1) is 0 Å². The summed E-state index contributed by atoms with van der Waals surface area (Å²) in [5, 5.41) is 24.6. The molecule has 1 aromatic rings. The van der Waals surface area contributed by atoms with Gasteiger partial charge in [-0.15, -0.1) is 0 Å². The van der Waals surface area contributed by atoms with Gasteiger partial charge in [-0.1, -0.05) is 18.2 Å². The lowest BCUT2D eigenvalue weighted by molar-refractivity contribution is -0.337. The van der Waals surface area contributed by atoms with Crippen molar-refractivity contribution < 1.29 is 20.0 Å². The van der Waals surface area contributed by atoms with Gasteiger partial charge >= 0.3 is 5.97 Å². The topological polar surface area (TPSA) is 90.8 Å².